The zero-order valence-electron chi connectivity index (χ0n) is 17.7. The van der Waals surface area contributed by atoms with Crippen molar-refractivity contribution in [3.63, 3.8) is 0 Å². The van der Waals surface area contributed by atoms with E-state index in [0.717, 1.165) is 6.42 Å². The summed E-state index contributed by atoms with van der Waals surface area (Å²) in [5, 5.41) is 0.149. The van der Waals surface area contributed by atoms with Crippen LogP contribution in [0, 0.1) is 0 Å². The molecule has 0 fully saturated rings. The molecule has 5 heteroatoms. The lowest BCUT2D eigenvalue weighted by atomic mass is 9.95. The van der Waals surface area contributed by atoms with Gasteiger partial charge in [-0.3, -0.25) is 4.90 Å². The van der Waals surface area contributed by atoms with E-state index in [-0.39, 0.29) is 17.2 Å². The Kier molecular flexibility index (Phi) is 5.93. The highest BCUT2D eigenvalue weighted by atomic mass is 28.4. The highest BCUT2D eigenvalue weighted by Crippen LogP contribution is 2.37. The zero-order chi connectivity index (χ0) is 19.8. The Balaban J connectivity index is 2.21. The Hall–Kier alpha value is -1.33. The lowest BCUT2D eigenvalue weighted by molar-refractivity contribution is 0.00544. The summed E-state index contributed by atoms with van der Waals surface area (Å²) in [6, 6.07) is 8.35. The van der Waals surface area contributed by atoms with E-state index >= 15 is 0 Å². The molecule has 0 aromatic heterocycles. The average Bonchev–Trinajstić information content (AvgIpc) is 2.49. The minimum atomic E-state index is -1.87. The second-order valence-corrected chi connectivity index (χ2v) is 14.6. The van der Waals surface area contributed by atoms with Gasteiger partial charge in [-0.2, -0.15) is 0 Å². The van der Waals surface area contributed by atoms with Gasteiger partial charge >= 0.3 is 6.09 Å². The van der Waals surface area contributed by atoms with Gasteiger partial charge < -0.3 is 9.16 Å². The van der Waals surface area contributed by atoms with Gasteiger partial charge in [0.25, 0.3) is 0 Å². The van der Waals surface area contributed by atoms with E-state index < -0.39 is 13.9 Å². The number of ether oxygens (including phenoxy) is 1. The van der Waals surface area contributed by atoms with Crippen molar-refractivity contribution in [2.75, 3.05) is 6.61 Å². The summed E-state index contributed by atoms with van der Waals surface area (Å²) in [5.41, 5.74) is 2.00. The fraction of sp³-hybridized carbons (Fsp3) is 0.667. The smallest absolute Gasteiger partial charge is 0.410 e. The molecule has 1 amide bonds. The first-order valence-electron chi connectivity index (χ1n) is 9.50. The average molecular weight is 378 g/mol. The first-order chi connectivity index (χ1) is 11.8. The molecule has 26 heavy (non-hydrogen) atoms. The van der Waals surface area contributed by atoms with E-state index in [9.17, 15) is 4.79 Å². The standard InChI is InChI=1S/C21H35NO3Si/c1-20(2,3)25-19(23)22-14-17-12-10-9-11-16(17)13-18(22)15-24-26(7,8)21(4,5)6/h9-12,18H,13-15H2,1-8H3/t18-/m0/s1. The van der Waals surface area contributed by atoms with E-state index in [1.807, 2.05) is 31.7 Å². The molecule has 1 aromatic carbocycles. The Labute approximate surface area is 160 Å². The van der Waals surface area contributed by atoms with E-state index in [4.69, 9.17) is 9.16 Å². The van der Waals surface area contributed by atoms with Crippen molar-refractivity contribution in [2.24, 2.45) is 0 Å². The van der Waals surface area contributed by atoms with E-state index in [0.29, 0.717) is 13.2 Å². The molecule has 0 N–H and O–H groups in total. The van der Waals surface area contributed by atoms with Crippen molar-refractivity contribution < 1.29 is 14.0 Å². The Morgan fingerprint density at radius 3 is 2.23 bits per heavy atom. The van der Waals surface area contributed by atoms with Crippen LogP contribution in [0.1, 0.15) is 52.7 Å². The zero-order valence-corrected chi connectivity index (χ0v) is 18.7. The Morgan fingerprint density at radius 1 is 1.12 bits per heavy atom. The van der Waals surface area contributed by atoms with E-state index in [2.05, 4.69) is 52.1 Å². The minimum absolute atomic E-state index is 0.00822. The molecule has 146 valence electrons. The monoisotopic (exact) mass is 377 g/mol. The number of benzene rings is 1. The fourth-order valence-corrected chi connectivity index (χ4v) is 3.83. The van der Waals surface area contributed by atoms with Gasteiger partial charge in [0.1, 0.15) is 5.60 Å². The molecule has 0 saturated heterocycles. The molecular formula is C21H35NO3Si. The maximum absolute atomic E-state index is 12.8. The van der Waals surface area contributed by atoms with E-state index in [1.165, 1.54) is 11.1 Å². The van der Waals surface area contributed by atoms with Crippen molar-refractivity contribution in [3.05, 3.63) is 35.4 Å². The highest BCUT2D eigenvalue weighted by Gasteiger charge is 2.39. The molecule has 0 bridgehead atoms. The molecule has 1 aliphatic rings. The molecule has 1 heterocycles. The minimum Gasteiger partial charge on any atom is -0.444 e. The lowest BCUT2D eigenvalue weighted by Crippen LogP contribution is -2.51. The van der Waals surface area contributed by atoms with Crippen molar-refractivity contribution in [1.82, 2.24) is 4.90 Å². The summed E-state index contributed by atoms with van der Waals surface area (Å²) in [7, 11) is -1.87. The molecule has 0 saturated carbocycles. The van der Waals surface area contributed by atoms with Crippen LogP contribution in [0.2, 0.25) is 18.1 Å². The first kappa shape index (κ1) is 21.0. The van der Waals surface area contributed by atoms with Gasteiger partial charge in [-0.1, -0.05) is 45.0 Å². The number of hydrogen-bond donors (Lipinski definition) is 0. The van der Waals surface area contributed by atoms with Gasteiger partial charge in [-0.25, -0.2) is 4.79 Å². The quantitative estimate of drug-likeness (QED) is 0.665. The van der Waals surface area contributed by atoms with Crippen molar-refractivity contribution >= 4 is 14.4 Å². The van der Waals surface area contributed by atoms with Crippen molar-refractivity contribution in [1.29, 1.82) is 0 Å². The SMILES string of the molecule is CC(C)(C)OC(=O)N1Cc2ccccc2C[C@H]1CO[Si](C)(C)C(C)(C)C. The van der Waals surface area contributed by atoms with Gasteiger partial charge in [0, 0.05) is 6.54 Å². The third kappa shape index (κ3) is 5.10. The molecule has 1 aliphatic heterocycles. The van der Waals surface area contributed by atoms with E-state index in [1.54, 1.807) is 0 Å². The lowest BCUT2D eigenvalue weighted by Gasteiger charge is -2.41. The summed E-state index contributed by atoms with van der Waals surface area (Å²) in [6.07, 6.45) is 0.556. The number of carbonyl (C=O) groups excluding carboxylic acids is 1. The number of rotatable bonds is 3. The molecule has 1 aromatic rings. The summed E-state index contributed by atoms with van der Waals surface area (Å²) in [4.78, 5) is 14.7. The maximum atomic E-state index is 12.8. The molecule has 0 spiro atoms. The fourth-order valence-electron chi connectivity index (χ4n) is 2.79. The van der Waals surface area contributed by atoms with Crippen LogP contribution in [0.15, 0.2) is 24.3 Å². The molecule has 0 radical (unpaired) electrons. The Bertz CT molecular complexity index is 643. The normalized spacial score (nSPS) is 18.5. The van der Waals surface area contributed by atoms with Gasteiger partial charge in [-0.05, 0) is 56.5 Å². The van der Waals surface area contributed by atoms with Crippen molar-refractivity contribution in [2.45, 2.75) is 84.3 Å². The number of hydrogen-bond acceptors (Lipinski definition) is 3. The van der Waals surface area contributed by atoms with Gasteiger partial charge in [0.15, 0.2) is 8.32 Å². The van der Waals surface area contributed by atoms with Gasteiger partial charge in [0.05, 0.1) is 12.6 Å². The van der Waals surface area contributed by atoms with Crippen LogP contribution in [0.25, 0.3) is 0 Å². The van der Waals surface area contributed by atoms with Crippen LogP contribution in [-0.4, -0.2) is 37.6 Å². The predicted octanol–water partition coefficient (Wildman–Crippen LogP) is 5.37. The second kappa shape index (κ2) is 7.35. The Morgan fingerprint density at radius 2 is 1.69 bits per heavy atom. The van der Waals surface area contributed by atoms with Crippen LogP contribution in [0.3, 0.4) is 0 Å². The van der Waals surface area contributed by atoms with Gasteiger partial charge in [-0.15, -0.1) is 0 Å². The molecule has 0 aliphatic carbocycles. The number of amides is 1. The van der Waals surface area contributed by atoms with Gasteiger partial charge in [0.2, 0.25) is 0 Å². The summed E-state index contributed by atoms with van der Waals surface area (Å²) >= 11 is 0. The van der Waals surface area contributed by atoms with Crippen LogP contribution < -0.4 is 0 Å². The summed E-state index contributed by atoms with van der Waals surface area (Å²) in [5.74, 6) is 0. The first-order valence-corrected chi connectivity index (χ1v) is 12.4. The molecular weight excluding hydrogens is 342 g/mol. The highest BCUT2D eigenvalue weighted by molar-refractivity contribution is 6.74. The maximum Gasteiger partial charge on any atom is 0.410 e. The number of carbonyl (C=O) groups is 1. The summed E-state index contributed by atoms with van der Waals surface area (Å²) in [6.45, 7) is 18.1. The number of fused-ring (bicyclic) bond motifs is 1. The second-order valence-electron chi connectivity index (χ2n) is 9.81. The molecule has 2 rings (SSSR count). The van der Waals surface area contributed by atoms with Crippen LogP contribution in [0.5, 0.6) is 0 Å². The van der Waals surface area contributed by atoms with Crippen LogP contribution >= 0.6 is 0 Å². The molecule has 1 atom stereocenters. The van der Waals surface area contributed by atoms with Crippen LogP contribution in [-0.2, 0) is 22.1 Å². The molecule has 0 unspecified atom stereocenters. The van der Waals surface area contributed by atoms with Crippen LogP contribution in [0.4, 0.5) is 4.79 Å². The van der Waals surface area contributed by atoms with Crippen molar-refractivity contribution in [3.8, 4) is 0 Å². The molecule has 4 nitrogen and oxygen atoms in total. The topological polar surface area (TPSA) is 38.8 Å². The third-order valence-electron chi connectivity index (χ3n) is 5.43. The number of nitrogens with zero attached hydrogens (tertiary/aromatic N) is 1. The summed E-state index contributed by atoms with van der Waals surface area (Å²) < 4.78 is 12.1. The predicted molar refractivity (Wildman–Crippen MR) is 109 cm³/mol. The third-order valence-corrected chi connectivity index (χ3v) is 9.93. The largest absolute Gasteiger partial charge is 0.444 e.